The summed E-state index contributed by atoms with van der Waals surface area (Å²) >= 11 is 0. The molecule has 3 fully saturated rings. The quantitative estimate of drug-likeness (QED) is 0.479. The van der Waals surface area contributed by atoms with E-state index in [1.807, 2.05) is 32.0 Å². The molecule has 1 aliphatic heterocycles. The molecule has 0 radical (unpaired) electrons. The van der Waals surface area contributed by atoms with Crippen LogP contribution in [0.5, 0.6) is 0 Å². The van der Waals surface area contributed by atoms with Crippen molar-refractivity contribution in [2.24, 2.45) is 11.3 Å². The molecule has 7 rings (SSSR count). The molecule has 3 aromatic heterocycles. The molecule has 1 aromatic carbocycles. The third kappa shape index (κ3) is 2.82. The van der Waals surface area contributed by atoms with E-state index in [0.717, 1.165) is 41.2 Å². The first-order valence-electron chi connectivity index (χ1n) is 11.9. The average molecular weight is 457 g/mol. The normalized spacial score (nSPS) is 31.1. The van der Waals surface area contributed by atoms with Crippen molar-refractivity contribution in [1.82, 2.24) is 19.5 Å². The van der Waals surface area contributed by atoms with Gasteiger partial charge in [-0.15, -0.1) is 0 Å². The fourth-order valence-corrected chi connectivity index (χ4v) is 6.57. The Labute approximate surface area is 197 Å². The Morgan fingerprint density at radius 1 is 1.09 bits per heavy atom. The molecule has 2 saturated carbocycles. The molecule has 2 aliphatic carbocycles. The van der Waals surface area contributed by atoms with E-state index in [1.54, 1.807) is 0 Å². The highest BCUT2D eigenvalue weighted by Crippen LogP contribution is 2.73. The van der Waals surface area contributed by atoms with Crippen molar-refractivity contribution < 1.29 is 9.47 Å². The molecular weight excluding hydrogens is 428 g/mol. The van der Waals surface area contributed by atoms with Gasteiger partial charge in [-0.3, -0.25) is 0 Å². The molecule has 0 bridgehead atoms. The molecule has 3 aliphatic rings. The van der Waals surface area contributed by atoms with E-state index in [0.29, 0.717) is 17.6 Å². The zero-order valence-electron chi connectivity index (χ0n) is 19.3. The number of aromatic nitrogens is 4. The van der Waals surface area contributed by atoms with Gasteiger partial charge in [0, 0.05) is 17.0 Å². The number of nitrogens with two attached hydrogens (primary N) is 2. The van der Waals surface area contributed by atoms with E-state index in [4.69, 9.17) is 20.9 Å². The van der Waals surface area contributed by atoms with Crippen molar-refractivity contribution in [3.8, 4) is 0 Å². The van der Waals surface area contributed by atoms with Crippen molar-refractivity contribution in [3.63, 3.8) is 0 Å². The summed E-state index contributed by atoms with van der Waals surface area (Å²) < 4.78 is 15.3. The zero-order valence-corrected chi connectivity index (χ0v) is 19.3. The van der Waals surface area contributed by atoms with Crippen LogP contribution in [-0.4, -0.2) is 37.5 Å². The van der Waals surface area contributed by atoms with Crippen molar-refractivity contribution in [3.05, 3.63) is 54.5 Å². The average Bonchev–Trinajstić information content (AvgIpc) is 3.05. The Bertz CT molecular complexity index is 1450. The number of pyridine rings is 1. The van der Waals surface area contributed by atoms with Crippen LogP contribution in [0.15, 0.2) is 48.9 Å². The van der Waals surface area contributed by atoms with Crippen LogP contribution in [0.3, 0.4) is 0 Å². The van der Waals surface area contributed by atoms with Crippen LogP contribution in [0.4, 0.5) is 11.6 Å². The highest BCUT2D eigenvalue weighted by Gasteiger charge is 2.75. The molecule has 1 saturated heterocycles. The molecule has 0 amide bonds. The Kier molecular flexibility index (Phi) is 3.96. The Morgan fingerprint density at radius 2 is 1.94 bits per heavy atom. The van der Waals surface area contributed by atoms with E-state index >= 15 is 0 Å². The van der Waals surface area contributed by atoms with E-state index in [1.165, 1.54) is 11.9 Å². The first-order valence-corrected chi connectivity index (χ1v) is 11.9. The number of rotatable bonds is 4. The van der Waals surface area contributed by atoms with Gasteiger partial charge in [0.25, 0.3) is 0 Å². The van der Waals surface area contributed by atoms with Crippen LogP contribution >= 0.6 is 0 Å². The lowest BCUT2D eigenvalue weighted by molar-refractivity contribution is -0.161. The fourth-order valence-electron chi connectivity index (χ4n) is 6.57. The first-order chi connectivity index (χ1) is 16.3. The maximum absolute atomic E-state index is 6.55. The minimum Gasteiger partial charge on any atom is -0.384 e. The number of anilines is 2. The van der Waals surface area contributed by atoms with Gasteiger partial charge in [-0.1, -0.05) is 12.1 Å². The van der Waals surface area contributed by atoms with Gasteiger partial charge in [0.2, 0.25) is 0 Å². The third-order valence-electron chi connectivity index (χ3n) is 8.14. The predicted molar refractivity (Wildman–Crippen MR) is 130 cm³/mol. The van der Waals surface area contributed by atoms with Crippen molar-refractivity contribution in [2.75, 3.05) is 11.5 Å². The number of hydrogen-bond acceptors (Lipinski definition) is 7. The lowest BCUT2D eigenvalue weighted by Gasteiger charge is -2.24. The predicted octanol–water partition coefficient (Wildman–Crippen LogP) is 3.86. The summed E-state index contributed by atoms with van der Waals surface area (Å²) in [6, 6.07) is 12.5. The number of aryl methyl sites for hydroxylation is 1. The summed E-state index contributed by atoms with van der Waals surface area (Å²) in [6.45, 7) is 4.03. The van der Waals surface area contributed by atoms with Gasteiger partial charge >= 0.3 is 0 Å². The largest absolute Gasteiger partial charge is 0.384 e. The van der Waals surface area contributed by atoms with Crippen LogP contribution in [0.1, 0.15) is 38.3 Å². The standard InChI is InChI=1S/C26H28N6O2/c1-25(2)33-21-20(32-10-8-16-23(28)29-13-30-24(16)32)17-12-26(17,22(21)34-25)9-7-14-3-4-15-5-6-19(27)31-18(15)11-14/h3-6,8,10-11,13,17,20-22H,7,9,12H2,1-2H3,(H2,27,31)(H2,28,29,30)/t17-,20-,21+,22+,26-/m1/s1. The van der Waals surface area contributed by atoms with E-state index in [-0.39, 0.29) is 23.7 Å². The number of hydrogen-bond donors (Lipinski definition) is 2. The summed E-state index contributed by atoms with van der Waals surface area (Å²) in [4.78, 5) is 13.2. The summed E-state index contributed by atoms with van der Waals surface area (Å²) in [7, 11) is 0. The smallest absolute Gasteiger partial charge is 0.163 e. The molecule has 8 nitrogen and oxygen atoms in total. The van der Waals surface area contributed by atoms with Gasteiger partial charge in [-0.2, -0.15) is 0 Å². The first kappa shape index (κ1) is 20.2. The number of ether oxygens (including phenoxy) is 2. The molecule has 4 heterocycles. The van der Waals surface area contributed by atoms with Crippen molar-refractivity contribution >= 4 is 33.6 Å². The number of fused-ring (bicyclic) bond motifs is 5. The van der Waals surface area contributed by atoms with Crippen LogP contribution in [0, 0.1) is 11.3 Å². The van der Waals surface area contributed by atoms with E-state index in [9.17, 15) is 0 Å². The highest BCUT2D eigenvalue weighted by molar-refractivity contribution is 5.86. The summed E-state index contributed by atoms with van der Waals surface area (Å²) in [5.41, 5.74) is 15.2. The lowest BCUT2D eigenvalue weighted by atomic mass is 9.91. The maximum atomic E-state index is 6.55. The number of nitrogens with zero attached hydrogens (tertiary/aromatic N) is 4. The van der Waals surface area contributed by atoms with Crippen molar-refractivity contribution in [2.45, 2.75) is 57.1 Å². The maximum Gasteiger partial charge on any atom is 0.163 e. The summed E-state index contributed by atoms with van der Waals surface area (Å²) in [6.07, 6.45) is 6.79. The van der Waals surface area contributed by atoms with Gasteiger partial charge in [0.05, 0.1) is 23.0 Å². The zero-order chi connectivity index (χ0) is 23.2. The van der Waals surface area contributed by atoms with Crippen LogP contribution in [0.2, 0.25) is 0 Å². The van der Waals surface area contributed by atoms with Gasteiger partial charge < -0.3 is 25.5 Å². The Hall–Kier alpha value is -3.23. The van der Waals surface area contributed by atoms with Crippen LogP contribution in [-0.2, 0) is 15.9 Å². The molecule has 4 N–H and O–H groups in total. The summed E-state index contributed by atoms with van der Waals surface area (Å²) in [5, 5.41) is 2.00. The minimum atomic E-state index is -0.602. The minimum absolute atomic E-state index is 0.0152. The molecular formula is C26H28N6O2. The van der Waals surface area contributed by atoms with Crippen molar-refractivity contribution in [1.29, 1.82) is 0 Å². The SMILES string of the molecule is CC1(C)O[C@H]2[C@H](n3ccc4c(N)ncnc43)[C@H]3C[C@@]3(CCc3ccc4ccc(N)nc4c3)[C@H]2O1. The monoisotopic (exact) mass is 456 g/mol. The van der Waals surface area contributed by atoms with Crippen LogP contribution in [0.25, 0.3) is 21.9 Å². The number of nitrogen functional groups attached to an aromatic ring is 2. The van der Waals surface area contributed by atoms with Gasteiger partial charge in [0.15, 0.2) is 5.79 Å². The van der Waals surface area contributed by atoms with Gasteiger partial charge in [-0.25, -0.2) is 15.0 Å². The Balaban J connectivity index is 1.22. The molecule has 4 aromatic rings. The van der Waals surface area contributed by atoms with Gasteiger partial charge in [-0.05, 0) is 68.9 Å². The highest BCUT2D eigenvalue weighted by atomic mass is 16.8. The second kappa shape index (κ2) is 6.67. The van der Waals surface area contributed by atoms with E-state index < -0.39 is 5.79 Å². The topological polar surface area (TPSA) is 114 Å². The lowest BCUT2D eigenvalue weighted by Crippen LogP contribution is -2.32. The third-order valence-corrected chi connectivity index (χ3v) is 8.14. The van der Waals surface area contributed by atoms with Gasteiger partial charge in [0.1, 0.15) is 29.7 Å². The molecule has 34 heavy (non-hydrogen) atoms. The fraction of sp³-hybridized carbons (Fsp3) is 0.423. The number of benzene rings is 1. The summed E-state index contributed by atoms with van der Waals surface area (Å²) in [5.74, 6) is 0.929. The second-order valence-corrected chi connectivity index (χ2v) is 10.5. The molecule has 0 spiro atoms. The Morgan fingerprint density at radius 3 is 2.82 bits per heavy atom. The van der Waals surface area contributed by atoms with E-state index in [2.05, 4.69) is 43.9 Å². The molecule has 5 atom stereocenters. The molecule has 174 valence electrons. The second-order valence-electron chi connectivity index (χ2n) is 10.5. The molecule has 8 heteroatoms. The molecule has 0 unspecified atom stereocenters. The van der Waals surface area contributed by atoms with Crippen LogP contribution < -0.4 is 11.5 Å².